The number of morpholine rings is 1. The topological polar surface area (TPSA) is 80.1 Å². The molecule has 1 aliphatic heterocycles. The van der Waals surface area contributed by atoms with Gasteiger partial charge in [0.05, 0.1) is 19.6 Å². The van der Waals surface area contributed by atoms with Gasteiger partial charge in [-0.1, -0.05) is 0 Å². The number of halogens is 4. The van der Waals surface area contributed by atoms with Gasteiger partial charge in [0.2, 0.25) is 0 Å². The zero-order valence-corrected chi connectivity index (χ0v) is 11.0. The predicted molar refractivity (Wildman–Crippen MR) is 56.8 cm³/mol. The van der Waals surface area contributed by atoms with Gasteiger partial charge in [-0.3, -0.25) is 0 Å². The van der Waals surface area contributed by atoms with Crippen LogP contribution in [-0.4, -0.2) is 63.2 Å². The third-order valence-corrected chi connectivity index (χ3v) is 3.01. The third-order valence-electron chi connectivity index (χ3n) is 3.01. The number of esters is 1. The Morgan fingerprint density at radius 3 is 2.33 bits per heavy atom. The van der Waals surface area contributed by atoms with Gasteiger partial charge >= 0.3 is 18.3 Å². The first-order valence-electron chi connectivity index (χ1n) is 6.19. The van der Waals surface area contributed by atoms with E-state index >= 15 is 0 Å². The number of rotatable bonds is 7. The molecule has 1 atom stereocenters. The first-order chi connectivity index (χ1) is 9.74. The van der Waals surface area contributed by atoms with Crippen LogP contribution in [-0.2, 0) is 19.1 Å². The van der Waals surface area contributed by atoms with Crippen LogP contribution in [0.4, 0.5) is 17.6 Å². The molecule has 0 bridgehead atoms. The molecule has 1 fully saturated rings. The summed E-state index contributed by atoms with van der Waals surface area (Å²) in [6, 6.07) is -1.28. The fourth-order valence-electron chi connectivity index (χ4n) is 1.87. The third kappa shape index (κ3) is 5.46. The number of ether oxygens (including phenoxy) is 2. The Kier molecular flexibility index (Phi) is 6.34. The number of alkyl halides is 4. The van der Waals surface area contributed by atoms with Crippen LogP contribution in [0.5, 0.6) is 0 Å². The highest BCUT2D eigenvalue weighted by atomic mass is 19.3. The maximum absolute atomic E-state index is 12.7. The number of carbonyl (C=O) groups is 2. The minimum atomic E-state index is -4.47. The Bertz CT molecular complexity index is 374. The molecule has 0 aromatic heterocycles. The number of quaternary nitrogens is 1. The molecule has 0 saturated carbocycles. The number of aliphatic carboxylic acids is 1. The SMILES string of the molecule is O=C([O-])C[C@H](C(=O)OCC(F)(F)C(F)F)[NH+]1CCOCC1. The summed E-state index contributed by atoms with van der Waals surface area (Å²) in [5.41, 5.74) is 0. The number of carbonyl (C=O) groups excluding carboxylic acids is 2. The summed E-state index contributed by atoms with van der Waals surface area (Å²) in [6.07, 6.45) is -4.71. The van der Waals surface area contributed by atoms with Gasteiger partial charge in [-0.2, -0.15) is 8.78 Å². The van der Waals surface area contributed by atoms with Crippen LogP contribution in [0.1, 0.15) is 6.42 Å². The van der Waals surface area contributed by atoms with Crippen molar-refractivity contribution in [3.8, 4) is 0 Å². The van der Waals surface area contributed by atoms with Crippen LogP contribution in [0.15, 0.2) is 0 Å². The molecule has 122 valence electrons. The summed E-state index contributed by atoms with van der Waals surface area (Å²) in [5, 5.41) is 10.6. The molecule has 1 saturated heterocycles. The van der Waals surface area contributed by atoms with Crippen LogP contribution in [0.2, 0.25) is 0 Å². The van der Waals surface area contributed by atoms with Crippen LogP contribution in [0.3, 0.4) is 0 Å². The average molecular weight is 317 g/mol. The molecular formula is C11H15F4NO5. The van der Waals surface area contributed by atoms with E-state index in [1.165, 1.54) is 0 Å². The van der Waals surface area contributed by atoms with Gasteiger partial charge in [0.15, 0.2) is 12.6 Å². The van der Waals surface area contributed by atoms with Gasteiger partial charge in [0, 0.05) is 5.97 Å². The van der Waals surface area contributed by atoms with Crippen molar-refractivity contribution < 1.29 is 46.6 Å². The van der Waals surface area contributed by atoms with Crippen molar-refractivity contribution in [2.75, 3.05) is 32.9 Å². The van der Waals surface area contributed by atoms with E-state index in [0.29, 0.717) is 4.90 Å². The van der Waals surface area contributed by atoms with Gasteiger partial charge in [-0.15, -0.1) is 0 Å². The van der Waals surface area contributed by atoms with E-state index in [9.17, 15) is 32.3 Å². The largest absolute Gasteiger partial charge is 0.550 e. The van der Waals surface area contributed by atoms with Gasteiger partial charge in [-0.05, 0) is 0 Å². The van der Waals surface area contributed by atoms with Gasteiger partial charge < -0.3 is 24.3 Å². The van der Waals surface area contributed by atoms with Crippen molar-refractivity contribution in [3.05, 3.63) is 0 Å². The van der Waals surface area contributed by atoms with Gasteiger partial charge in [-0.25, -0.2) is 13.6 Å². The van der Waals surface area contributed by atoms with Crippen LogP contribution in [0, 0.1) is 0 Å². The fourth-order valence-corrected chi connectivity index (χ4v) is 1.87. The molecule has 6 nitrogen and oxygen atoms in total. The zero-order valence-electron chi connectivity index (χ0n) is 11.0. The standard InChI is InChI=1S/C11H15F4NO5/c12-10(13)11(14,15)6-21-9(19)7(5-8(17)18)16-1-3-20-4-2-16/h7,10H,1-6H2,(H,17,18)/t7-/m1/s1. The molecule has 1 N–H and O–H groups in total. The highest BCUT2D eigenvalue weighted by Crippen LogP contribution is 2.22. The van der Waals surface area contributed by atoms with Gasteiger partial charge in [0.25, 0.3) is 0 Å². The minimum absolute atomic E-state index is 0.263. The molecule has 0 unspecified atom stereocenters. The zero-order chi connectivity index (χ0) is 16.0. The highest BCUT2D eigenvalue weighted by Gasteiger charge is 2.43. The summed E-state index contributed by atoms with van der Waals surface area (Å²) in [5.74, 6) is -7.30. The average Bonchev–Trinajstić information content (AvgIpc) is 2.43. The molecule has 0 spiro atoms. The maximum atomic E-state index is 12.7. The van der Waals surface area contributed by atoms with E-state index in [1.54, 1.807) is 0 Å². The molecule has 0 radical (unpaired) electrons. The molecule has 1 rings (SSSR count). The number of hydrogen-bond acceptors (Lipinski definition) is 5. The lowest BCUT2D eigenvalue weighted by Gasteiger charge is -2.30. The van der Waals surface area contributed by atoms with Crippen molar-refractivity contribution in [1.82, 2.24) is 0 Å². The number of carboxylic acid groups (broad SMARTS) is 1. The second-order valence-electron chi connectivity index (χ2n) is 4.57. The van der Waals surface area contributed by atoms with Crippen molar-refractivity contribution >= 4 is 11.9 Å². The van der Waals surface area contributed by atoms with E-state index in [4.69, 9.17) is 4.74 Å². The smallest absolute Gasteiger partial charge is 0.365 e. The molecule has 21 heavy (non-hydrogen) atoms. The summed E-state index contributed by atoms with van der Waals surface area (Å²) in [4.78, 5) is 22.8. The monoisotopic (exact) mass is 317 g/mol. The normalized spacial score (nSPS) is 18.5. The number of carboxylic acids is 1. The molecule has 1 aliphatic rings. The van der Waals surface area contributed by atoms with E-state index in [-0.39, 0.29) is 26.3 Å². The Morgan fingerprint density at radius 2 is 1.86 bits per heavy atom. The first kappa shape index (κ1) is 17.6. The minimum Gasteiger partial charge on any atom is -0.550 e. The lowest BCUT2D eigenvalue weighted by atomic mass is 10.1. The van der Waals surface area contributed by atoms with E-state index in [1.807, 2.05) is 0 Å². The highest BCUT2D eigenvalue weighted by molar-refractivity contribution is 5.80. The van der Waals surface area contributed by atoms with Crippen LogP contribution >= 0.6 is 0 Å². The van der Waals surface area contributed by atoms with E-state index in [2.05, 4.69) is 4.74 Å². The van der Waals surface area contributed by atoms with Crippen molar-refractivity contribution in [3.63, 3.8) is 0 Å². The summed E-state index contributed by atoms with van der Waals surface area (Å²) in [7, 11) is 0. The maximum Gasteiger partial charge on any atom is 0.365 e. The molecule has 1 heterocycles. The van der Waals surface area contributed by atoms with Crippen molar-refractivity contribution in [1.29, 1.82) is 0 Å². The molecule has 0 aromatic rings. The van der Waals surface area contributed by atoms with E-state index in [0.717, 1.165) is 0 Å². The molecule has 0 amide bonds. The van der Waals surface area contributed by atoms with Crippen molar-refractivity contribution in [2.45, 2.75) is 24.8 Å². The quantitative estimate of drug-likeness (QED) is 0.428. The summed E-state index contributed by atoms with van der Waals surface area (Å²) in [6.45, 7) is -0.716. The number of hydrogen-bond donors (Lipinski definition) is 1. The Balaban J connectivity index is 2.64. The molecular weight excluding hydrogens is 302 g/mol. The predicted octanol–water partition coefficient (Wildman–Crippen LogP) is -2.15. The van der Waals surface area contributed by atoms with Crippen molar-refractivity contribution in [2.24, 2.45) is 0 Å². The second-order valence-corrected chi connectivity index (χ2v) is 4.57. The molecule has 10 heteroatoms. The van der Waals surface area contributed by atoms with Crippen LogP contribution in [0.25, 0.3) is 0 Å². The number of nitrogens with one attached hydrogen (secondary N) is 1. The Morgan fingerprint density at radius 1 is 1.29 bits per heavy atom. The van der Waals surface area contributed by atoms with Crippen LogP contribution < -0.4 is 10.0 Å². The van der Waals surface area contributed by atoms with E-state index < -0.39 is 43.4 Å². The lowest BCUT2D eigenvalue weighted by molar-refractivity contribution is -0.924. The summed E-state index contributed by atoms with van der Waals surface area (Å²) >= 11 is 0. The lowest BCUT2D eigenvalue weighted by Crippen LogP contribution is -3.18. The molecule has 0 aromatic carbocycles. The summed E-state index contributed by atoms with van der Waals surface area (Å²) < 4.78 is 58.5. The Labute approximate surface area is 117 Å². The van der Waals surface area contributed by atoms with Gasteiger partial charge in [0.1, 0.15) is 13.1 Å². The fraction of sp³-hybridized carbons (Fsp3) is 0.818. The Hall–Kier alpha value is -1.42. The second kappa shape index (κ2) is 7.55. The first-order valence-corrected chi connectivity index (χ1v) is 6.19. The molecule has 0 aliphatic carbocycles.